The molecule has 2 aromatic rings. The minimum absolute atomic E-state index is 0.162. The molecule has 2 heterocycles. The van der Waals surface area contributed by atoms with Gasteiger partial charge in [-0.3, -0.25) is 0 Å². The van der Waals surface area contributed by atoms with E-state index >= 15 is 0 Å². The van der Waals surface area contributed by atoms with Crippen LogP contribution in [0.2, 0.25) is 5.02 Å². The molecule has 0 unspecified atom stereocenters. The summed E-state index contributed by atoms with van der Waals surface area (Å²) in [5.41, 5.74) is 3.30. The molecule has 0 bridgehead atoms. The van der Waals surface area contributed by atoms with Crippen molar-refractivity contribution in [2.24, 2.45) is 0 Å². The molecule has 1 aromatic heterocycles. The third kappa shape index (κ3) is 2.49. The van der Waals surface area contributed by atoms with E-state index in [9.17, 15) is 8.42 Å². The molecule has 7 heteroatoms. The van der Waals surface area contributed by atoms with Gasteiger partial charge in [0, 0.05) is 29.0 Å². The lowest BCUT2D eigenvalue weighted by molar-refractivity contribution is 0.593. The van der Waals surface area contributed by atoms with Crippen molar-refractivity contribution < 1.29 is 8.42 Å². The highest BCUT2D eigenvalue weighted by molar-refractivity contribution is 7.90. The molecule has 0 saturated carbocycles. The fraction of sp³-hybridized carbons (Fsp3) is 0.286. The Kier molecular flexibility index (Phi) is 3.37. The van der Waals surface area contributed by atoms with Crippen LogP contribution in [0.5, 0.6) is 0 Å². The first kappa shape index (κ1) is 14.3. The number of nitrogens with one attached hydrogen (secondary N) is 1. The van der Waals surface area contributed by atoms with Gasteiger partial charge in [-0.25, -0.2) is 18.4 Å². The predicted octanol–water partition coefficient (Wildman–Crippen LogP) is 2.48. The van der Waals surface area contributed by atoms with E-state index in [0.717, 1.165) is 35.9 Å². The van der Waals surface area contributed by atoms with Crippen LogP contribution in [-0.4, -0.2) is 31.2 Å². The van der Waals surface area contributed by atoms with Gasteiger partial charge in [-0.05, 0) is 25.0 Å². The van der Waals surface area contributed by atoms with Gasteiger partial charge in [-0.1, -0.05) is 23.7 Å². The Hall–Kier alpha value is -1.66. The number of nitrogens with zero attached hydrogens (tertiary/aromatic N) is 2. The second-order valence-electron chi connectivity index (χ2n) is 5.04. The van der Waals surface area contributed by atoms with Crippen LogP contribution in [-0.2, 0) is 16.3 Å². The van der Waals surface area contributed by atoms with Crippen molar-refractivity contribution in [3.05, 3.63) is 34.3 Å². The SMILES string of the molecule is Cc1c(Cl)cccc1-c1nc(S(C)(=O)=O)nc2c1CCN2. The second kappa shape index (κ2) is 4.96. The smallest absolute Gasteiger partial charge is 0.249 e. The monoisotopic (exact) mass is 323 g/mol. The maximum atomic E-state index is 11.8. The lowest BCUT2D eigenvalue weighted by Crippen LogP contribution is -2.08. The van der Waals surface area contributed by atoms with Crippen molar-refractivity contribution >= 4 is 27.3 Å². The molecule has 110 valence electrons. The first-order valence-corrected chi connectivity index (χ1v) is 8.75. The normalized spacial score (nSPS) is 13.9. The third-order valence-electron chi connectivity index (χ3n) is 3.51. The summed E-state index contributed by atoms with van der Waals surface area (Å²) in [6, 6.07) is 5.54. The lowest BCUT2D eigenvalue weighted by atomic mass is 10.0. The van der Waals surface area contributed by atoms with Gasteiger partial charge < -0.3 is 5.32 Å². The molecular weight excluding hydrogens is 310 g/mol. The van der Waals surface area contributed by atoms with Crippen LogP contribution in [0.3, 0.4) is 0 Å². The second-order valence-corrected chi connectivity index (χ2v) is 7.36. The molecule has 0 amide bonds. The van der Waals surface area contributed by atoms with Gasteiger partial charge in [0.25, 0.3) is 0 Å². The highest BCUT2D eigenvalue weighted by Gasteiger charge is 2.24. The highest BCUT2D eigenvalue weighted by Crippen LogP contribution is 2.34. The fourth-order valence-electron chi connectivity index (χ4n) is 2.40. The first-order valence-electron chi connectivity index (χ1n) is 6.48. The summed E-state index contributed by atoms with van der Waals surface area (Å²) in [4.78, 5) is 8.41. The maximum absolute atomic E-state index is 11.8. The Balaban J connectivity index is 2.32. The number of fused-ring (bicyclic) bond motifs is 1. The van der Waals surface area contributed by atoms with E-state index in [4.69, 9.17) is 11.6 Å². The summed E-state index contributed by atoms with van der Waals surface area (Å²) >= 11 is 6.17. The van der Waals surface area contributed by atoms with Crippen LogP contribution in [0, 0.1) is 6.92 Å². The topological polar surface area (TPSA) is 72.0 Å². The van der Waals surface area contributed by atoms with Crippen LogP contribution >= 0.6 is 11.6 Å². The number of hydrogen-bond acceptors (Lipinski definition) is 5. The number of halogens is 1. The molecule has 1 aromatic carbocycles. The van der Waals surface area contributed by atoms with Gasteiger partial charge in [0.2, 0.25) is 15.0 Å². The van der Waals surface area contributed by atoms with Crippen molar-refractivity contribution in [2.45, 2.75) is 18.5 Å². The quantitative estimate of drug-likeness (QED) is 0.860. The zero-order chi connectivity index (χ0) is 15.2. The fourth-order valence-corrected chi connectivity index (χ4v) is 3.09. The number of rotatable bonds is 2. The zero-order valence-corrected chi connectivity index (χ0v) is 13.2. The molecule has 1 aliphatic rings. The molecule has 3 rings (SSSR count). The molecule has 1 N–H and O–H groups in total. The summed E-state index contributed by atoms with van der Waals surface area (Å²) in [5, 5.41) is 3.58. The van der Waals surface area contributed by atoms with E-state index in [1.165, 1.54) is 0 Å². The number of sulfone groups is 1. The molecule has 0 atom stereocenters. The van der Waals surface area contributed by atoms with E-state index in [1.807, 2.05) is 19.1 Å². The number of aromatic nitrogens is 2. The molecule has 0 fully saturated rings. The average Bonchev–Trinajstić information content (AvgIpc) is 2.88. The van der Waals surface area contributed by atoms with Gasteiger partial charge in [-0.15, -0.1) is 0 Å². The van der Waals surface area contributed by atoms with Crippen molar-refractivity contribution in [1.29, 1.82) is 0 Å². The summed E-state index contributed by atoms with van der Waals surface area (Å²) in [5.74, 6) is 0.597. The molecule has 0 radical (unpaired) electrons. The third-order valence-corrected chi connectivity index (χ3v) is 4.76. The van der Waals surface area contributed by atoms with Crippen molar-refractivity contribution in [3.8, 4) is 11.3 Å². The Morgan fingerprint density at radius 2 is 2.05 bits per heavy atom. The zero-order valence-electron chi connectivity index (χ0n) is 11.6. The summed E-state index contributed by atoms with van der Waals surface area (Å²) in [6.45, 7) is 2.62. The molecule has 21 heavy (non-hydrogen) atoms. The highest BCUT2D eigenvalue weighted by atomic mass is 35.5. The van der Waals surface area contributed by atoms with Crippen molar-refractivity contribution in [3.63, 3.8) is 0 Å². The Morgan fingerprint density at radius 1 is 1.29 bits per heavy atom. The van der Waals surface area contributed by atoms with Crippen LogP contribution in [0.25, 0.3) is 11.3 Å². The molecule has 1 aliphatic heterocycles. The summed E-state index contributed by atoms with van der Waals surface area (Å²) in [7, 11) is -3.47. The van der Waals surface area contributed by atoms with Crippen LogP contribution < -0.4 is 5.32 Å². The van der Waals surface area contributed by atoms with Gasteiger partial charge in [0.1, 0.15) is 5.82 Å². The number of hydrogen-bond donors (Lipinski definition) is 1. The van der Waals surface area contributed by atoms with E-state index in [2.05, 4.69) is 15.3 Å². The van der Waals surface area contributed by atoms with Crippen molar-refractivity contribution in [2.75, 3.05) is 18.1 Å². The molecule has 0 saturated heterocycles. The standard InChI is InChI=1S/C14H14ClN3O2S/c1-8-9(4-3-5-11(8)15)12-10-6-7-16-13(10)18-14(17-12)21(2,19)20/h3-5H,6-7H2,1-2H3,(H,16,17,18). The lowest BCUT2D eigenvalue weighted by Gasteiger charge is -2.12. The number of anilines is 1. The Labute approximate surface area is 128 Å². The minimum Gasteiger partial charge on any atom is -0.369 e. The minimum atomic E-state index is -3.47. The average molecular weight is 324 g/mol. The molecule has 0 aliphatic carbocycles. The summed E-state index contributed by atoms with van der Waals surface area (Å²) < 4.78 is 23.6. The van der Waals surface area contributed by atoms with Crippen LogP contribution in [0.15, 0.2) is 23.4 Å². The van der Waals surface area contributed by atoms with Gasteiger partial charge in [-0.2, -0.15) is 0 Å². The largest absolute Gasteiger partial charge is 0.369 e. The van der Waals surface area contributed by atoms with E-state index in [1.54, 1.807) is 6.07 Å². The summed E-state index contributed by atoms with van der Waals surface area (Å²) in [6.07, 6.45) is 1.87. The van der Waals surface area contributed by atoms with Crippen molar-refractivity contribution in [1.82, 2.24) is 9.97 Å². The molecule has 0 spiro atoms. The number of benzene rings is 1. The van der Waals surface area contributed by atoms with Gasteiger partial charge >= 0.3 is 0 Å². The van der Waals surface area contributed by atoms with Gasteiger partial charge in [0.15, 0.2) is 0 Å². The van der Waals surface area contributed by atoms with Crippen LogP contribution in [0.4, 0.5) is 5.82 Å². The first-order chi connectivity index (χ1) is 9.88. The Bertz CT molecular complexity index is 834. The van der Waals surface area contributed by atoms with E-state index in [0.29, 0.717) is 16.5 Å². The van der Waals surface area contributed by atoms with Crippen LogP contribution in [0.1, 0.15) is 11.1 Å². The molecular formula is C14H14ClN3O2S. The molecule has 5 nitrogen and oxygen atoms in total. The van der Waals surface area contributed by atoms with E-state index in [-0.39, 0.29) is 5.16 Å². The predicted molar refractivity (Wildman–Crippen MR) is 82.5 cm³/mol. The van der Waals surface area contributed by atoms with E-state index < -0.39 is 9.84 Å². The Morgan fingerprint density at radius 3 is 2.76 bits per heavy atom. The van der Waals surface area contributed by atoms with Gasteiger partial charge in [0.05, 0.1) is 5.69 Å². The maximum Gasteiger partial charge on any atom is 0.249 e.